The molecule has 18 heavy (non-hydrogen) atoms. The van der Waals surface area contributed by atoms with Crippen molar-refractivity contribution in [1.82, 2.24) is 9.97 Å². The van der Waals surface area contributed by atoms with Gasteiger partial charge in [0.2, 0.25) is 0 Å². The number of carboxylic acids is 1. The minimum Gasteiger partial charge on any atom is -0.477 e. The van der Waals surface area contributed by atoms with E-state index in [4.69, 9.17) is 5.11 Å². The second-order valence-corrected chi connectivity index (χ2v) is 3.59. The van der Waals surface area contributed by atoms with Crippen molar-refractivity contribution in [2.45, 2.75) is 0 Å². The Morgan fingerprint density at radius 1 is 1.06 bits per heavy atom. The molecular weight excluding hydrogens is 228 g/mol. The summed E-state index contributed by atoms with van der Waals surface area (Å²) in [5.41, 5.74) is 1.29. The second kappa shape index (κ2) is 5.63. The molecule has 4 nitrogen and oxygen atoms in total. The number of fused-ring (bicyclic) bond motifs is 1. The Kier molecular flexibility index (Phi) is 3.71. The van der Waals surface area contributed by atoms with Gasteiger partial charge in [-0.15, -0.1) is 0 Å². The number of nitrogens with one attached hydrogen (secondary N) is 1. The minimum absolute atomic E-state index is 0.0810. The molecule has 0 amide bonds. The summed E-state index contributed by atoms with van der Waals surface area (Å²) in [6.07, 6.45) is 3.40. The number of carboxylic acid groups (broad SMARTS) is 1. The number of nitrogens with zero attached hydrogens (tertiary/aromatic N) is 1. The molecule has 0 atom stereocenters. The van der Waals surface area contributed by atoms with Gasteiger partial charge in [-0.05, 0) is 29.7 Å². The summed E-state index contributed by atoms with van der Waals surface area (Å²) in [5, 5.41) is 9.60. The third-order valence-corrected chi connectivity index (χ3v) is 2.35. The van der Waals surface area contributed by atoms with Crippen molar-refractivity contribution >= 4 is 16.9 Å². The molecule has 0 unspecified atom stereocenters. The number of carbonyl (C=O) groups is 1. The highest BCUT2D eigenvalue weighted by Gasteiger charge is 1.98. The first-order valence-electron chi connectivity index (χ1n) is 5.44. The molecule has 0 spiro atoms. The zero-order valence-electron chi connectivity index (χ0n) is 9.58. The molecular formula is C14H12N2O2. The summed E-state index contributed by atoms with van der Waals surface area (Å²) < 4.78 is 0. The van der Waals surface area contributed by atoms with Crippen LogP contribution in [0, 0.1) is 0 Å². The Bertz CT molecular complexity index is 602. The van der Waals surface area contributed by atoms with Crippen LogP contribution in [-0.2, 0) is 0 Å². The van der Waals surface area contributed by atoms with E-state index in [2.05, 4.69) is 28.2 Å². The molecule has 90 valence electrons. The van der Waals surface area contributed by atoms with Crippen LogP contribution in [0.15, 0.2) is 60.9 Å². The van der Waals surface area contributed by atoms with Crippen molar-refractivity contribution in [3.05, 3.63) is 66.6 Å². The van der Waals surface area contributed by atoms with Crippen LogP contribution in [0.3, 0.4) is 0 Å². The average Bonchev–Trinajstić information content (AvgIpc) is 2.89. The standard InChI is InChI=1S/C8H7N.C6H5NO2/c1-2-4-8-7(3-1)5-6-9-8;8-6(9)5-3-1-2-4-7-5/h1-6,9H;1-4H,(H,8,9). The normalized spacial score (nSPS) is 9.56. The Morgan fingerprint density at radius 2 is 1.83 bits per heavy atom. The van der Waals surface area contributed by atoms with Crippen molar-refractivity contribution in [2.75, 3.05) is 0 Å². The molecule has 3 rings (SSSR count). The predicted octanol–water partition coefficient (Wildman–Crippen LogP) is 2.95. The topological polar surface area (TPSA) is 66.0 Å². The Morgan fingerprint density at radius 3 is 2.44 bits per heavy atom. The lowest BCUT2D eigenvalue weighted by Gasteiger charge is -1.87. The van der Waals surface area contributed by atoms with E-state index in [9.17, 15) is 4.79 Å². The van der Waals surface area contributed by atoms with Gasteiger partial charge in [0, 0.05) is 17.9 Å². The average molecular weight is 240 g/mol. The molecule has 3 aromatic rings. The van der Waals surface area contributed by atoms with E-state index in [-0.39, 0.29) is 5.69 Å². The van der Waals surface area contributed by atoms with Crippen molar-refractivity contribution in [3.63, 3.8) is 0 Å². The number of hydrogen-bond acceptors (Lipinski definition) is 2. The predicted molar refractivity (Wildman–Crippen MR) is 69.5 cm³/mol. The van der Waals surface area contributed by atoms with Crippen LogP contribution in [0.5, 0.6) is 0 Å². The molecule has 0 fully saturated rings. The van der Waals surface area contributed by atoms with Crippen LogP contribution < -0.4 is 0 Å². The maximum absolute atomic E-state index is 10.1. The van der Waals surface area contributed by atoms with Gasteiger partial charge in [-0.25, -0.2) is 9.78 Å². The van der Waals surface area contributed by atoms with Gasteiger partial charge in [-0.1, -0.05) is 24.3 Å². The number of aromatic amines is 1. The van der Waals surface area contributed by atoms with E-state index in [1.807, 2.05) is 18.3 Å². The molecule has 0 saturated carbocycles. The monoisotopic (exact) mass is 240 g/mol. The number of aromatic carboxylic acids is 1. The molecule has 2 heterocycles. The quantitative estimate of drug-likeness (QED) is 0.687. The van der Waals surface area contributed by atoms with Gasteiger partial charge in [0.1, 0.15) is 5.69 Å². The first-order valence-corrected chi connectivity index (χ1v) is 5.44. The summed E-state index contributed by atoms with van der Waals surface area (Å²) in [6.45, 7) is 0. The van der Waals surface area contributed by atoms with Crippen LogP contribution in [-0.4, -0.2) is 21.0 Å². The van der Waals surface area contributed by atoms with Crippen molar-refractivity contribution in [2.24, 2.45) is 0 Å². The van der Waals surface area contributed by atoms with Crippen molar-refractivity contribution < 1.29 is 9.90 Å². The Balaban J connectivity index is 0.000000134. The molecule has 2 N–H and O–H groups in total. The molecule has 0 aliphatic rings. The summed E-state index contributed by atoms with van der Waals surface area (Å²) in [4.78, 5) is 16.8. The molecule has 0 bridgehead atoms. The zero-order chi connectivity index (χ0) is 12.8. The van der Waals surface area contributed by atoms with E-state index in [0.717, 1.165) is 0 Å². The molecule has 4 heteroatoms. The first-order chi connectivity index (χ1) is 8.77. The maximum atomic E-state index is 10.1. The lowest BCUT2D eigenvalue weighted by molar-refractivity contribution is 0.0690. The van der Waals surface area contributed by atoms with Crippen LogP contribution in [0.2, 0.25) is 0 Å². The zero-order valence-corrected chi connectivity index (χ0v) is 9.58. The van der Waals surface area contributed by atoms with Crippen LogP contribution in [0.1, 0.15) is 10.5 Å². The Labute approximate surface area is 104 Å². The molecule has 0 saturated heterocycles. The summed E-state index contributed by atoms with van der Waals surface area (Å²) in [5.74, 6) is -0.990. The van der Waals surface area contributed by atoms with Gasteiger partial charge in [-0.2, -0.15) is 0 Å². The highest BCUT2D eigenvalue weighted by Crippen LogP contribution is 2.09. The van der Waals surface area contributed by atoms with Gasteiger partial charge in [-0.3, -0.25) is 0 Å². The lowest BCUT2D eigenvalue weighted by atomic mass is 10.3. The van der Waals surface area contributed by atoms with Crippen LogP contribution in [0.25, 0.3) is 10.9 Å². The number of hydrogen-bond donors (Lipinski definition) is 2. The highest BCUT2D eigenvalue weighted by atomic mass is 16.4. The molecule has 1 aromatic carbocycles. The number of rotatable bonds is 1. The van der Waals surface area contributed by atoms with E-state index in [0.29, 0.717) is 0 Å². The van der Waals surface area contributed by atoms with E-state index >= 15 is 0 Å². The first kappa shape index (κ1) is 11.9. The highest BCUT2D eigenvalue weighted by molar-refractivity contribution is 5.85. The number of aromatic nitrogens is 2. The molecule has 2 aromatic heterocycles. The van der Waals surface area contributed by atoms with Gasteiger partial charge >= 0.3 is 5.97 Å². The fourth-order valence-corrected chi connectivity index (χ4v) is 1.48. The van der Waals surface area contributed by atoms with Crippen LogP contribution in [0.4, 0.5) is 0 Å². The SMILES string of the molecule is O=C(O)c1ccccn1.c1ccc2[nH]ccc2c1. The fourth-order valence-electron chi connectivity index (χ4n) is 1.48. The smallest absolute Gasteiger partial charge is 0.354 e. The number of pyridine rings is 1. The minimum atomic E-state index is -0.990. The van der Waals surface area contributed by atoms with E-state index < -0.39 is 5.97 Å². The van der Waals surface area contributed by atoms with E-state index in [1.54, 1.807) is 12.1 Å². The number of benzene rings is 1. The fraction of sp³-hybridized carbons (Fsp3) is 0. The second-order valence-electron chi connectivity index (χ2n) is 3.59. The van der Waals surface area contributed by atoms with Crippen molar-refractivity contribution in [3.8, 4) is 0 Å². The van der Waals surface area contributed by atoms with Gasteiger partial charge in [0.05, 0.1) is 0 Å². The third-order valence-electron chi connectivity index (χ3n) is 2.35. The van der Waals surface area contributed by atoms with Gasteiger partial charge in [0.15, 0.2) is 0 Å². The third kappa shape index (κ3) is 2.95. The summed E-state index contributed by atoms with van der Waals surface area (Å²) in [6, 6.07) is 15.0. The summed E-state index contributed by atoms with van der Waals surface area (Å²) in [7, 11) is 0. The Hall–Kier alpha value is -2.62. The van der Waals surface area contributed by atoms with Crippen LogP contribution >= 0.6 is 0 Å². The summed E-state index contributed by atoms with van der Waals surface area (Å²) >= 11 is 0. The van der Waals surface area contributed by atoms with Gasteiger partial charge in [0.25, 0.3) is 0 Å². The maximum Gasteiger partial charge on any atom is 0.354 e. The number of para-hydroxylation sites is 1. The molecule has 0 aliphatic carbocycles. The number of H-pyrrole nitrogens is 1. The van der Waals surface area contributed by atoms with Gasteiger partial charge < -0.3 is 10.1 Å². The largest absolute Gasteiger partial charge is 0.477 e. The van der Waals surface area contributed by atoms with E-state index in [1.165, 1.54) is 23.2 Å². The molecule has 0 aliphatic heterocycles. The lowest BCUT2D eigenvalue weighted by Crippen LogP contribution is -1.97. The molecule has 0 radical (unpaired) electrons. The van der Waals surface area contributed by atoms with Crippen molar-refractivity contribution in [1.29, 1.82) is 0 Å².